The van der Waals surface area contributed by atoms with Gasteiger partial charge < -0.3 is 9.64 Å². The number of morpholine rings is 1. The van der Waals surface area contributed by atoms with Crippen molar-refractivity contribution in [3.63, 3.8) is 0 Å². The fraction of sp³-hybridized carbons (Fsp3) is 0.368. The van der Waals surface area contributed by atoms with Crippen LogP contribution in [0, 0.1) is 6.92 Å². The van der Waals surface area contributed by atoms with E-state index in [0.717, 1.165) is 0 Å². The monoisotopic (exact) mass is 414 g/mol. The van der Waals surface area contributed by atoms with Crippen molar-refractivity contribution in [2.45, 2.75) is 26.4 Å². The number of aromatic amines is 1. The summed E-state index contributed by atoms with van der Waals surface area (Å²) in [4.78, 5) is 6.76. The number of H-pyrrole nitrogens is 1. The molecule has 1 aliphatic rings. The van der Waals surface area contributed by atoms with Crippen molar-refractivity contribution in [2.75, 3.05) is 24.7 Å². The van der Waals surface area contributed by atoms with Gasteiger partial charge in [-0.1, -0.05) is 0 Å². The molecule has 9 nitrogen and oxygen atoms in total. The van der Waals surface area contributed by atoms with Gasteiger partial charge in [0.1, 0.15) is 5.69 Å². The largest absolute Gasteiger partial charge is 0.377 e. The average molecular weight is 414 g/mol. The highest BCUT2D eigenvalue weighted by molar-refractivity contribution is 5.84. The zero-order valence-corrected chi connectivity index (χ0v) is 16.5. The van der Waals surface area contributed by atoms with Crippen LogP contribution in [0.1, 0.15) is 19.2 Å². The van der Waals surface area contributed by atoms with Gasteiger partial charge in [-0.2, -0.15) is 19.0 Å². The summed E-state index contributed by atoms with van der Waals surface area (Å²) in [5.41, 5.74) is 2.90. The van der Waals surface area contributed by atoms with Gasteiger partial charge in [0.2, 0.25) is 0 Å². The van der Waals surface area contributed by atoms with Crippen LogP contribution in [0.15, 0.2) is 30.6 Å². The van der Waals surface area contributed by atoms with E-state index in [9.17, 15) is 8.78 Å². The quantitative estimate of drug-likeness (QED) is 0.552. The van der Waals surface area contributed by atoms with E-state index in [1.807, 2.05) is 19.9 Å². The topological polar surface area (TPSA) is 89.2 Å². The van der Waals surface area contributed by atoms with E-state index in [-0.39, 0.29) is 6.04 Å². The van der Waals surface area contributed by atoms with Crippen LogP contribution in [0.3, 0.4) is 0 Å². The molecule has 0 aromatic carbocycles. The molecule has 1 unspecified atom stereocenters. The molecular formula is C19H20F2N8O. The lowest BCUT2D eigenvalue weighted by Gasteiger charge is -2.34. The molecule has 156 valence electrons. The maximum absolute atomic E-state index is 13.6. The number of hydrogen-bond donors (Lipinski definition) is 1. The predicted molar refractivity (Wildman–Crippen MR) is 105 cm³/mol. The lowest BCUT2D eigenvalue weighted by molar-refractivity contribution is 0.0585. The molecule has 1 fully saturated rings. The van der Waals surface area contributed by atoms with E-state index in [0.29, 0.717) is 64.2 Å². The maximum Gasteiger partial charge on any atom is 0.333 e. The van der Waals surface area contributed by atoms with Crippen LogP contribution < -0.4 is 4.90 Å². The number of fused-ring (bicyclic) bond motifs is 1. The van der Waals surface area contributed by atoms with Gasteiger partial charge >= 0.3 is 6.55 Å². The number of ether oxygens (including phenoxy) is 1. The summed E-state index contributed by atoms with van der Waals surface area (Å²) in [6.45, 7) is 2.92. The first-order valence-electron chi connectivity index (χ1n) is 9.61. The molecule has 0 saturated carbocycles. The maximum atomic E-state index is 13.6. The molecule has 0 radical (unpaired) electrons. The van der Waals surface area contributed by atoms with Crippen molar-refractivity contribution >= 4 is 11.3 Å². The number of halogens is 2. The van der Waals surface area contributed by atoms with Gasteiger partial charge in [0, 0.05) is 24.5 Å². The van der Waals surface area contributed by atoms with Crippen LogP contribution in [0.4, 0.5) is 14.6 Å². The minimum atomic E-state index is -2.76. The SMILES string of the molecule is Cc1nc(-c2ccn[nH]2)n2nc(N3CCOCC3C)cc(-c3ccnn3C(F)F)c12. The lowest BCUT2D eigenvalue weighted by atomic mass is 10.1. The molecule has 0 spiro atoms. The summed E-state index contributed by atoms with van der Waals surface area (Å²) in [6.07, 6.45) is 3.00. The Morgan fingerprint density at radius 1 is 1.27 bits per heavy atom. The van der Waals surface area contributed by atoms with Gasteiger partial charge in [-0.15, -0.1) is 5.10 Å². The molecule has 11 heteroatoms. The van der Waals surface area contributed by atoms with E-state index >= 15 is 0 Å². The Morgan fingerprint density at radius 2 is 2.13 bits per heavy atom. The number of imidazole rings is 1. The van der Waals surface area contributed by atoms with Crippen molar-refractivity contribution in [2.24, 2.45) is 0 Å². The van der Waals surface area contributed by atoms with Gasteiger partial charge in [-0.05, 0) is 32.0 Å². The third-order valence-electron chi connectivity index (χ3n) is 5.29. The number of anilines is 1. The normalized spacial score (nSPS) is 17.4. The number of nitrogens with zero attached hydrogens (tertiary/aromatic N) is 7. The van der Waals surface area contributed by atoms with Crippen LogP contribution in [0.5, 0.6) is 0 Å². The van der Waals surface area contributed by atoms with Crippen molar-refractivity contribution in [3.05, 3.63) is 36.3 Å². The first-order chi connectivity index (χ1) is 14.5. The molecule has 1 N–H and O–H groups in total. The predicted octanol–water partition coefficient (Wildman–Crippen LogP) is 2.91. The number of hydrogen-bond acceptors (Lipinski definition) is 6. The van der Waals surface area contributed by atoms with E-state index in [2.05, 4.69) is 25.2 Å². The summed E-state index contributed by atoms with van der Waals surface area (Å²) < 4.78 is 35.2. The van der Waals surface area contributed by atoms with E-state index in [1.165, 1.54) is 6.20 Å². The highest BCUT2D eigenvalue weighted by atomic mass is 19.3. The highest BCUT2D eigenvalue weighted by Gasteiger charge is 2.26. The molecule has 0 amide bonds. The molecular weight excluding hydrogens is 394 g/mol. The Hall–Kier alpha value is -3.34. The van der Waals surface area contributed by atoms with E-state index < -0.39 is 6.55 Å². The lowest BCUT2D eigenvalue weighted by Crippen LogP contribution is -2.44. The van der Waals surface area contributed by atoms with Crippen molar-refractivity contribution in [1.29, 1.82) is 0 Å². The smallest absolute Gasteiger partial charge is 0.333 e. The van der Waals surface area contributed by atoms with Crippen LogP contribution in [-0.4, -0.2) is 60.4 Å². The molecule has 0 bridgehead atoms. The Kier molecular flexibility index (Phi) is 4.46. The Morgan fingerprint density at radius 3 is 2.87 bits per heavy atom. The van der Waals surface area contributed by atoms with E-state index in [1.54, 1.807) is 22.8 Å². The van der Waals surface area contributed by atoms with Gasteiger partial charge in [-0.3, -0.25) is 5.10 Å². The van der Waals surface area contributed by atoms with Crippen molar-refractivity contribution < 1.29 is 13.5 Å². The molecule has 4 aromatic heterocycles. The third-order valence-corrected chi connectivity index (χ3v) is 5.29. The first kappa shape index (κ1) is 18.7. The number of rotatable bonds is 4. The van der Waals surface area contributed by atoms with Crippen molar-refractivity contribution in [3.8, 4) is 22.8 Å². The molecule has 1 aliphatic heterocycles. The molecule has 1 saturated heterocycles. The molecule has 5 rings (SSSR count). The Bertz CT molecular complexity index is 1180. The second-order valence-electron chi connectivity index (χ2n) is 7.22. The van der Waals surface area contributed by atoms with Crippen LogP contribution in [-0.2, 0) is 4.74 Å². The minimum absolute atomic E-state index is 0.0942. The molecule has 4 aromatic rings. The Balaban J connectivity index is 1.80. The summed E-state index contributed by atoms with van der Waals surface area (Å²) in [6, 6.07) is 5.30. The summed E-state index contributed by atoms with van der Waals surface area (Å²) in [7, 11) is 0. The fourth-order valence-corrected chi connectivity index (χ4v) is 3.89. The Labute approximate surface area is 170 Å². The molecule has 5 heterocycles. The van der Waals surface area contributed by atoms with Gasteiger partial charge in [0.25, 0.3) is 0 Å². The van der Waals surface area contributed by atoms with Crippen LogP contribution in [0.25, 0.3) is 28.3 Å². The molecule has 0 aliphatic carbocycles. The van der Waals surface area contributed by atoms with Gasteiger partial charge in [0.15, 0.2) is 11.6 Å². The van der Waals surface area contributed by atoms with Crippen LogP contribution >= 0.6 is 0 Å². The zero-order chi connectivity index (χ0) is 20.8. The number of alkyl halides is 2. The van der Waals surface area contributed by atoms with Crippen LogP contribution in [0.2, 0.25) is 0 Å². The fourth-order valence-electron chi connectivity index (χ4n) is 3.89. The number of aryl methyl sites for hydroxylation is 1. The molecule has 30 heavy (non-hydrogen) atoms. The third kappa shape index (κ3) is 2.93. The van der Waals surface area contributed by atoms with Crippen molar-refractivity contribution in [1.82, 2.24) is 34.6 Å². The second kappa shape index (κ2) is 7.17. The average Bonchev–Trinajstić information content (AvgIpc) is 3.48. The highest BCUT2D eigenvalue weighted by Crippen LogP contribution is 2.34. The first-order valence-corrected chi connectivity index (χ1v) is 9.61. The second-order valence-corrected chi connectivity index (χ2v) is 7.22. The van der Waals surface area contributed by atoms with Gasteiger partial charge in [-0.25, -0.2) is 14.2 Å². The molecule has 1 atom stereocenters. The summed E-state index contributed by atoms with van der Waals surface area (Å²) >= 11 is 0. The number of nitrogens with one attached hydrogen (secondary N) is 1. The summed E-state index contributed by atoms with van der Waals surface area (Å²) in [5.74, 6) is 1.22. The zero-order valence-electron chi connectivity index (χ0n) is 16.5. The van der Waals surface area contributed by atoms with Gasteiger partial charge in [0.05, 0.1) is 36.2 Å². The standard InChI is InChI=1S/C19H20F2N8O/c1-11-10-30-8-7-27(11)16-9-13(15-4-6-23-28(15)19(20)21)17-12(2)24-18(29(17)26-16)14-3-5-22-25-14/h3-6,9,11,19H,7-8,10H2,1-2H3,(H,22,25). The number of aromatic nitrogens is 7. The van der Waals surface area contributed by atoms with E-state index in [4.69, 9.17) is 9.84 Å². The summed E-state index contributed by atoms with van der Waals surface area (Å²) in [5, 5.41) is 15.5. The minimum Gasteiger partial charge on any atom is -0.377 e.